The summed E-state index contributed by atoms with van der Waals surface area (Å²) in [6.07, 6.45) is -3.34. The van der Waals surface area contributed by atoms with Gasteiger partial charge in [0.05, 0.1) is 34.1 Å². The lowest BCUT2D eigenvalue weighted by Gasteiger charge is -2.16. The van der Waals surface area contributed by atoms with Gasteiger partial charge in [0.2, 0.25) is 0 Å². The van der Waals surface area contributed by atoms with Crippen molar-refractivity contribution in [3.63, 3.8) is 0 Å². The number of alkyl halides is 3. The highest BCUT2D eigenvalue weighted by molar-refractivity contribution is 6.36. The van der Waals surface area contributed by atoms with Gasteiger partial charge in [0.25, 0.3) is 0 Å². The molecule has 0 saturated carbocycles. The Morgan fingerprint density at radius 2 is 1.93 bits per heavy atom. The Bertz CT molecular complexity index is 1060. The molecule has 0 aliphatic rings. The molecule has 0 aliphatic heterocycles. The number of pyridine rings is 1. The zero-order chi connectivity index (χ0) is 20.5. The summed E-state index contributed by atoms with van der Waals surface area (Å²) < 4.78 is 44.1. The van der Waals surface area contributed by atoms with Crippen LogP contribution < -0.4 is 5.32 Å². The second-order valence-corrected chi connectivity index (χ2v) is 6.59. The molecule has 0 amide bonds. The van der Waals surface area contributed by atoms with Crippen molar-refractivity contribution >= 4 is 51.4 Å². The van der Waals surface area contributed by atoms with Crippen LogP contribution in [0.3, 0.4) is 0 Å². The molecule has 28 heavy (non-hydrogen) atoms. The molecular formula is C19H13Cl2F3N2O2. The zero-order valence-electron chi connectivity index (χ0n) is 14.4. The van der Waals surface area contributed by atoms with E-state index in [1.54, 1.807) is 19.1 Å². The monoisotopic (exact) mass is 428 g/mol. The van der Waals surface area contributed by atoms with Gasteiger partial charge in [-0.15, -0.1) is 0 Å². The first kappa shape index (κ1) is 20.2. The maximum Gasteiger partial charge on any atom is 0.416 e. The standard InChI is InChI=1S/C19H13Cl2F3N2O2/c1-2-28-18(27)13-9-25-16-7-10(19(22,23)24)3-5-12(16)17(13)26-15-6-4-11(20)8-14(15)21/h3-9H,2H2,1H3,(H,25,26). The second kappa shape index (κ2) is 7.85. The molecule has 0 bridgehead atoms. The third kappa shape index (κ3) is 4.15. The largest absolute Gasteiger partial charge is 0.462 e. The molecule has 0 fully saturated rings. The topological polar surface area (TPSA) is 51.2 Å². The molecule has 0 spiro atoms. The van der Waals surface area contributed by atoms with Gasteiger partial charge in [-0.1, -0.05) is 29.3 Å². The number of hydrogen-bond donors (Lipinski definition) is 1. The minimum Gasteiger partial charge on any atom is -0.462 e. The van der Waals surface area contributed by atoms with E-state index < -0.39 is 17.7 Å². The molecule has 1 heterocycles. The van der Waals surface area contributed by atoms with Crippen LogP contribution in [0, 0.1) is 0 Å². The predicted octanol–water partition coefficient (Wildman–Crippen LogP) is 6.48. The Balaban J connectivity index is 2.19. The number of carbonyl (C=O) groups excluding carboxylic acids is 1. The van der Waals surface area contributed by atoms with Crippen molar-refractivity contribution < 1.29 is 22.7 Å². The number of rotatable bonds is 4. The van der Waals surface area contributed by atoms with Gasteiger partial charge in [-0.2, -0.15) is 13.2 Å². The van der Waals surface area contributed by atoms with Crippen LogP contribution in [0.5, 0.6) is 0 Å². The number of esters is 1. The van der Waals surface area contributed by atoms with Crippen molar-refractivity contribution in [2.24, 2.45) is 0 Å². The summed E-state index contributed by atoms with van der Waals surface area (Å²) >= 11 is 12.1. The lowest BCUT2D eigenvalue weighted by Crippen LogP contribution is -2.10. The van der Waals surface area contributed by atoms with E-state index in [1.807, 2.05) is 0 Å². The number of ether oxygens (including phenoxy) is 1. The van der Waals surface area contributed by atoms with Gasteiger partial charge in [0, 0.05) is 16.6 Å². The van der Waals surface area contributed by atoms with E-state index in [0.29, 0.717) is 16.1 Å². The minimum atomic E-state index is -4.51. The summed E-state index contributed by atoms with van der Waals surface area (Å²) in [5, 5.41) is 4.00. The fourth-order valence-corrected chi connectivity index (χ4v) is 3.05. The van der Waals surface area contributed by atoms with E-state index in [4.69, 9.17) is 27.9 Å². The Morgan fingerprint density at radius 3 is 2.57 bits per heavy atom. The van der Waals surface area contributed by atoms with Crippen LogP contribution in [-0.4, -0.2) is 17.6 Å². The Kier molecular flexibility index (Phi) is 5.67. The van der Waals surface area contributed by atoms with Gasteiger partial charge in [-0.05, 0) is 37.3 Å². The first-order valence-corrected chi connectivity index (χ1v) is 8.85. The quantitative estimate of drug-likeness (QED) is 0.483. The maximum atomic E-state index is 13.0. The van der Waals surface area contributed by atoms with Gasteiger partial charge in [-0.3, -0.25) is 4.98 Å². The molecule has 3 rings (SSSR count). The number of anilines is 2. The average Bonchev–Trinajstić information content (AvgIpc) is 2.63. The molecule has 0 radical (unpaired) electrons. The normalized spacial score (nSPS) is 11.5. The minimum absolute atomic E-state index is 0.0652. The molecule has 0 unspecified atom stereocenters. The first-order chi connectivity index (χ1) is 13.2. The van der Waals surface area contributed by atoms with Crippen LogP contribution >= 0.6 is 23.2 Å². The summed E-state index contributed by atoms with van der Waals surface area (Å²) in [5.41, 5.74) is -0.0483. The average molecular weight is 429 g/mol. The van der Waals surface area contributed by atoms with Gasteiger partial charge >= 0.3 is 12.1 Å². The molecule has 9 heteroatoms. The Morgan fingerprint density at radius 1 is 1.18 bits per heavy atom. The van der Waals surface area contributed by atoms with E-state index in [-0.39, 0.29) is 28.4 Å². The third-order valence-corrected chi connectivity index (χ3v) is 4.43. The molecule has 3 aromatic rings. The van der Waals surface area contributed by atoms with E-state index in [2.05, 4.69) is 10.3 Å². The lowest BCUT2D eigenvalue weighted by molar-refractivity contribution is -0.137. The van der Waals surface area contributed by atoms with Crippen molar-refractivity contribution in [3.05, 3.63) is 63.8 Å². The van der Waals surface area contributed by atoms with E-state index >= 15 is 0 Å². The van der Waals surface area contributed by atoms with Gasteiger partial charge < -0.3 is 10.1 Å². The number of nitrogens with zero attached hydrogens (tertiary/aromatic N) is 1. The Hall–Kier alpha value is -2.51. The van der Waals surface area contributed by atoms with Crippen molar-refractivity contribution in [3.8, 4) is 0 Å². The lowest BCUT2D eigenvalue weighted by atomic mass is 10.1. The van der Waals surface area contributed by atoms with Gasteiger partial charge in [0.15, 0.2) is 0 Å². The first-order valence-electron chi connectivity index (χ1n) is 8.10. The van der Waals surface area contributed by atoms with Crippen LogP contribution in [-0.2, 0) is 10.9 Å². The van der Waals surface area contributed by atoms with Gasteiger partial charge in [0.1, 0.15) is 5.56 Å². The van der Waals surface area contributed by atoms with E-state index in [9.17, 15) is 18.0 Å². The number of aromatic nitrogens is 1. The molecule has 0 atom stereocenters. The SMILES string of the molecule is CCOC(=O)c1cnc2cc(C(F)(F)F)ccc2c1Nc1ccc(Cl)cc1Cl. The number of hydrogen-bond acceptors (Lipinski definition) is 4. The Labute approximate surface area is 168 Å². The molecule has 1 aromatic heterocycles. The summed E-state index contributed by atoms with van der Waals surface area (Å²) in [6.45, 7) is 1.77. The highest BCUT2D eigenvalue weighted by Crippen LogP contribution is 2.36. The van der Waals surface area contributed by atoms with Gasteiger partial charge in [-0.25, -0.2) is 4.79 Å². The smallest absolute Gasteiger partial charge is 0.416 e. The van der Waals surface area contributed by atoms with Crippen LogP contribution in [0.25, 0.3) is 10.9 Å². The van der Waals surface area contributed by atoms with Crippen LogP contribution in [0.1, 0.15) is 22.8 Å². The van der Waals surface area contributed by atoms with Crippen molar-refractivity contribution in [2.45, 2.75) is 13.1 Å². The highest BCUT2D eigenvalue weighted by atomic mass is 35.5. The molecular weight excluding hydrogens is 416 g/mol. The number of fused-ring (bicyclic) bond motifs is 1. The number of halogens is 5. The molecule has 0 aliphatic carbocycles. The summed E-state index contributed by atoms with van der Waals surface area (Å²) in [7, 11) is 0. The van der Waals surface area contributed by atoms with Crippen molar-refractivity contribution in [2.75, 3.05) is 11.9 Å². The molecule has 146 valence electrons. The van der Waals surface area contributed by atoms with Crippen molar-refractivity contribution in [1.82, 2.24) is 4.98 Å². The zero-order valence-corrected chi connectivity index (χ0v) is 15.9. The van der Waals surface area contributed by atoms with Crippen LogP contribution in [0.4, 0.5) is 24.5 Å². The number of carbonyl (C=O) groups is 1. The van der Waals surface area contributed by atoms with Crippen LogP contribution in [0.2, 0.25) is 10.0 Å². The summed E-state index contributed by atoms with van der Waals surface area (Å²) in [6, 6.07) is 7.77. The molecule has 1 N–H and O–H groups in total. The number of nitrogens with one attached hydrogen (secondary N) is 1. The maximum absolute atomic E-state index is 13.0. The molecule has 2 aromatic carbocycles. The van der Waals surface area contributed by atoms with E-state index in [0.717, 1.165) is 12.1 Å². The molecule has 4 nitrogen and oxygen atoms in total. The fourth-order valence-electron chi connectivity index (χ4n) is 2.59. The highest BCUT2D eigenvalue weighted by Gasteiger charge is 2.31. The summed E-state index contributed by atoms with van der Waals surface area (Å²) in [5.74, 6) is -0.663. The second-order valence-electron chi connectivity index (χ2n) is 5.75. The molecule has 0 saturated heterocycles. The predicted molar refractivity (Wildman–Crippen MR) is 102 cm³/mol. The van der Waals surface area contributed by atoms with Crippen LogP contribution in [0.15, 0.2) is 42.6 Å². The van der Waals surface area contributed by atoms with Crippen molar-refractivity contribution in [1.29, 1.82) is 0 Å². The number of benzene rings is 2. The third-order valence-electron chi connectivity index (χ3n) is 3.88. The summed E-state index contributed by atoms with van der Waals surface area (Å²) in [4.78, 5) is 16.3. The fraction of sp³-hybridized carbons (Fsp3) is 0.158. The van der Waals surface area contributed by atoms with E-state index in [1.165, 1.54) is 18.3 Å².